The monoisotopic (exact) mass is 345 g/mol. The Labute approximate surface area is 146 Å². The molecule has 3 rings (SSSR count). The van der Waals surface area contributed by atoms with Gasteiger partial charge in [0.05, 0.1) is 13.2 Å². The highest BCUT2D eigenvalue weighted by atomic mass is 16.6. The lowest BCUT2D eigenvalue weighted by Crippen LogP contribution is -2.63. The van der Waals surface area contributed by atoms with E-state index < -0.39 is 24.1 Å². The van der Waals surface area contributed by atoms with Gasteiger partial charge in [-0.3, -0.25) is 0 Å². The number of aliphatic hydroxyl groups is 4. The van der Waals surface area contributed by atoms with E-state index in [9.17, 15) is 20.4 Å². The Morgan fingerprint density at radius 3 is 2.28 bits per heavy atom. The van der Waals surface area contributed by atoms with Crippen molar-refractivity contribution in [3.63, 3.8) is 0 Å². The van der Waals surface area contributed by atoms with Gasteiger partial charge in [-0.15, -0.1) is 0 Å². The van der Waals surface area contributed by atoms with E-state index in [1.807, 2.05) is 42.5 Å². The van der Waals surface area contributed by atoms with Crippen LogP contribution in [-0.4, -0.2) is 57.7 Å². The number of benzene rings is 2. The van der Waals surface area contributed by atoms with Gasteiger partial charge in [0.1, 0.15) is 18.3 Å². The van der Waals surface area contributed by atoms with E-state index in [2.05, 4.69) is 17.4 Å². The molecular formula is C19H23NO5. The minimum atomic E-state index is -1.96. The summed E-state index contributed by atoms with van der Waals surface area (Å²) >= 11 is 0. The fraction of sp³-hybridized carbons (Fsp3) is 0.368. The maximum absolute atomic E-state index is 10.3. The zero-order valence-corrected chi connectivity index (χ0v) is 13.7. The molecule has 0 saturated carbocycles. The second-order valence-electron chi connectivity index (χ2n) is 6.37. The normalized spacial score (nSPS) is 29.4. The summed E-state index contributed by atoms with van der Waals surface area (Å²) in [5.74, 6) is -1.96. The standard InChI is InChI=1S/C19H23NO5/c21-16-11-25-19(24,18(23)17(16)22)12-20-15-8-6-14(7-9-15)10-13-4-2-1-3-5-13/h1-9,16-18,20-24H,10-12H2/t16-,17-,18+,19-/m1/s1. The molecule has 1 saturated heterocycles. The molecule has 0 radical (unpaired) electrons. The molecule has 0 bridgehead atoms. The highest BCUT2D eigenvalue weighted by molar-refractivity contribution is 5.45. The third kappa shape index (κ3) is 4.18. The molecule has 2 aromatic carbocycles. The van der Waals surface area contributed by atoms with Gasteiger partial charge >= 0.3 is 0 Å². The Bertz CT molecular complexity index is 678. The Kier molecular flexibility index (Phi) is 5.36. The van der Waals surface area contributed by atoms with Crippen LogP contribution in [0.3, 0.4) is 0 Å². The Morgan fingerprint density at radius 2 is 1.60 bits per heavy atom. The van der Waals surface area contributed by atoms with Crippen LogP contribution in [0.2, 0.25) is 0 Å². The van der Waals surface area contributed by atoms with Crippen LogP contribution >= 0.6 is 0 Å². The Hall–Kier alpha value is -1.96. The van der Waals surface area contributed by atoms with Crippen LogP contribution in [0.5, 0.6) is 0 Å². The van der Waals surface area contributed by atoms with Gasteiger partial charge in [0.15, 0.2) is 0 Å². The largest absolute Gasteiger partial charge is 0.388 e. The van der Waals surface area contributed by atoms with Crippen molar-refractivity contribution in [2.75, 3.05) is 18.5 Å². The van der Waals surface area contributed by atoms with Gasteiger partial charge in [-0.05, 0) is 29.7 Å². The Balaban J connectivity index is 1.58. The molecule has 1 heterocycles. The van der Waals surface area contributed by atoms with Gasteiger partial charge in [0.2, 0.25) is 5.79 Å². The molecular weight excluding hydrogens is 322 g/mol. The van der Waals surface area contributed by atoms with Gasteiger partial charge in [-0.25, -0.2) is 0 Å². The fourth-order valence-electron chi connectivity index (χ4n) is 2.85. The molecule has 6 nitrogen and oxygen atoms in total. The van der Waals surface area contributed by atoms with Crippen molar-refractivity contribution in [2.45, 2.75) is 30.5 Å². The van der Waals surface area contributed by atoms with E-state index >= 15 is 0 Å². The van der Waals surface area contributed by atoms with Crippen molar-refractivity contribution in [1.29, 1.82) is 0 Å². The molecule has 0 spiro atoms. The van der Waals surface area contributed by atoms with Crippen molar-refractivity contribution in [3.8, 4) is 0 Å². The van der Waals surface area contributed by atoms with Crippen molar-refractivity contribution < 1.29 is 25.2 Å². The average Bonchev–Trinajstić information content (AvgIpc) is 2.64. The van der Waals surface area contributed by atoms with Gasteiger partial charge in [0.25, 0.3) is 0 Å². The summed E-state index contributed by atoms with van der Waals surface area (Å²) in [6, 6.07) is 17.9. The molecule has 134 valence electrons. The number of rotatable bonds is 5. The van der Waals surface area contributed by atoms with Crippen molar-refractivity contribution in [2.24, 2.45) is 0 Å². The highest BCUT2D eigenvalue weighted by Crippen LogP contribution is 2.24. The molecule has 2 aromatic rings. The van der Waals surface area contributed by atoms with Crippen LogP contribution in [-0.2, 0) is 11.2 Å². The van der Waals surface area contributed by atoms with E-state index in [0.29, 0.717) is 0 Å². The maximum atomic E-state index is 10.3. The quantitative estimate of drug-likeness (QED) is 0.541. The van der Waals surface area contributed by atoms with Gasteiger partial charge in [-0.1, -0.05) is 42.5 Å². The van der Waals surface area contributed by atoms with Crippen LogP contribution in [0.15, 0.2) is 54.6 Å². The summed E-state index contributed by atoms with van der Waals surface area (Å²) < 4.78 is 5.12. The molecule has 1 aliphatic rings. The van der Waals surface area contributed by atoms with E-state index in [4.69, 9.17) is 4.74 Å². The predicted octanol–water partition coefficient (Wildman–Crippen LogP) is 0.491. The molecule has 0 amide bonds. The topological polar surface area (TPSA) is 102 Å². The minimum absolute atomic E-state index is 0.115. The van der Waals surface area contributed by atoms with Crippen LogP contribution in [0.4, 0.5) is 5.69 Å². The second-order valence-corrected chi connectivity index (χ2v) is 6.37. The van der Waals surface area contributed by atoms with E-state index in [1.165, 1.54) is 5.56 Å². The number of hydrogen-bond acceptors (Lipinski definition) is 6. The zero-order valence-electron chi connectivity index (χ0n) is 13.7. The lowest BCUT2D eigenvalue weighted by Gasteiger charge is -2.41. The molecule has 1 fully saturated rings. The van der Waals surface area contributed by atoms with Crippen LogP contribution in [0.25, 0.3) is 0 Å². The summed E-state index contributed by atoms with van der Waals surface area (Å²) in [4.78, 5) is 0. The van der Waals surface area contributed by atoms with E-state index in [0.717, 1.165) is 17.7 Å². The highest BCUT2D eigenvalue weighted by Gasteiger charge is 2.48. The smallest absolute Gasteiger partial charge is 0.212 e. The molecule has 6 heteroatoms. The first-order valence-corrected chi connectivity index (χ1v) is 8.25. The minimum Gasteiger partial charge on any atom is -0.388 e. The fourth-order valence-corrected chi connectivity index (χ4v) is 2.85. The maximum Gasteiger partial charge on any atom is 0.212 e. The van der Waals surface area contributed by atoms with Crippen LogP contribution in [0, 0.1) is 0 Å². The molecule has 5 N–H and O–H groups in total. The average molecular weight is 345 g/mol. The third-order valence-electron chi connectivity index (χ3n) is 4.43. The molecule has 0 unspecified atom stereocenters. The molecule has 1 aliphatic heterocycles. The number of aliphatic hydroxyl groups excluding tert-OH is 3. The molecule has 0 aliphatic carbocycles. The van der Waals surface area contributed by atoms with Crippen molar-refractivity contribution in [1.82, 2.24) is 0 Å². The van der Waals surface area contributed by atoms with E-state index in [1.54, 1.807) is 0 Å². The zero-order chi connectivity index (χ0) is 17.9. The molecule has 4 atom stereocenters. The predicted molar refractivity (Wildman–Crippen MR) is 93.1 cm³/mol. The summed E-state index contributed by atoms with van der Waals surface area (Å²) in [7, 11) is 0. The molecule has 25 heavy (non-hydrogen) atoms. The van der Waals surface area contributed by atoms with Crippen LogP contribution < -0.4 is 5.32 Å². The van der Waals surface area contributed by atoms with Gasteiger partial charge in [0, 0.05) is 5.69 Å². The molecule has 0 aromatic heterocycles. The first kappa shape index (κ1) is 17.8. The number of nitrogens with one attached hydrogen (secondary N) is 1. The van der Waals surface area contributed by atoms with Gasteiger partial charge in [-0.2, -0.15) is 0 Å². The first-order valence-electron chi connectivity index (χ1n) is 8.25. The van der Waals surface area contributed by atoms with E-state index in [-0.39, 0.29) is 13.2 Å². The SMILES string of the molecule is O[C@@H]1[C@H](O)CO[C@](O)(CNc2ccc(Cc3ccccc3)cc2)[C@H]1O. The number of anilines is 1. The third-order valence-corrected chi connectivity index (χ3v) is 4.43. The summed E-state index contributed by atoms with van der Waals surface area (Å²) in [6.45, 7) is -0.359. The summed E-state index contributed by atoms with van der Waals surface area (Å²) in [6.07, 6.45) is -3.43. The van der Waals surface area contributed by atoms with Crippen LogP contribution in [0.1, 0.15) is 11.1 Å². The van der Waals surface area contributed by atoms with Crippen molar-refractivity contribution in [3.05, 3.63) is 65.7 Å². The summed E-state index contributed by atoms with van der Waals surface area (Å²) in [5.41, 5.74) is 3.13. The van der Waals surface area contributed by atoms with Gasteiger partial charge < -0.3 is 30.5 Å². The summed E-state index contributed by atoms with van der Waals surface area (Å²) in [5, 5.41) is 42.4. The second kappa shape index (κ2) is 7.51. The number of ether oxygens (including phenoxy) is 1. The lowest BCUT2D eigenvalue weighted by atomic mass is 9.96. The van der Waals surface area contributed by atoms with Crippen molar-refractivity contribution >= 4 is 5.69 Å². The lowest BCUT2D eigenvalue weighted by molar-refractivity contribution is -0.313. The first-order chi connectivity index (χ1) is 12.0. The number of hydrogen-bond donors (Lipinski definition) is 5. The Morgan fingerprint density at radius 1 is 0.960 bits per heavy atom.